The molecule has 1 aromatic carbocycles. The van der Waals surface area contributed by atoms with Crippen molar-refractivity contribution in [1.29, 1.82) is 0 Å². The Bertz CT molecular complexity index is 517. The summed E-state index contributed by atoms with van der Waals surface area (Å²) in [6.07, 6.45) is 0.651. The zero-order chi connectivity index (χ0) is 16.2. The molecule has 2 rings (SSSR count). The predicted octanol–water partition coefficient (Wildman–Crippen LogP) is 2.05. The van der Waals surface area contributed by atoms with Crippen LogP contribution in [0.25, 0.3) is 0 Å². The van der Waals surface area contributed by atoms with E-state index in [0.717, 1.165) is 17.9 Å². The van der Waals surface area contributed by atoms with E-state index in [1.165, 1.54) is 6.92 Å². The van der Waals surface area contributed by atoms with Gasteiger partial charge >= 0.3 is 5.97 Å². The molecule has 22 heavy (non-hydrogen) atoms. The van der Waals surface area contributed by atoms with Crippen LogP contribution in [0.4, 0.5) is 0 Å². The number of rotatable bonds is 5. The van der Waals surface area contributed by atoms with E-state index in [0.29, 0.717) is 19.6 Å². The summed E-state index contributed by atoms with van der Waals surface area (Å²) >= 11 is 0. The molecule has 0 bridgehead atoms. The van der Waals surface area contributed by atoms with Crippen molar-refractivity contribution in [2.45, 2.75) is 18.9 Å². The Morgan fingerprint density at radius 3 is 2.86 bits per heavy atom. The first-order valence-corrected chi connectivity index (χ1v) is 7.54. The van der Waals surface area contributed by atoms with Crippen molar-refractivity contribution in [3.8, 4) is 5.75 Å². The van der Waals surface area contributed by atoms with Gasteiger partial charge < -0.3 is 19.1 Å². The second kappa shape index (κ2) is 7.11. The lowest BCUT2D eigenvalue weighted by Crippen LogP contribution is -2.49. The average Bonchev–Trinajstić information content (AvgIpc) is 2.48. The molecule has 5 heteroatoms. The topological polar surface area (TPSA) is 48.0 Å². The average molecular weight is 307 g/mol. The van der Waals surface area contributed by atoms with Crippen LogP contribution in [0.2, 0.25) is 0 Å². The minimum absolute atomic E-state index is 0.0762. The molecule has 122 valence electrons. The van der Waals surface area contributed by atoms with Gasteiger partial charge in [-0.15, -0.1) is 0 Å². The predicted molar refractivity (Wildman–Crippen MR) is 83.9 cm³/mol. The highest BCUT2D eigenvalue weighted by Crippen LogP contribution is 2.41. The fraction of sp³-hybridized carbons (Fsp3) is 0.588. The fourth-order valence-electron chi connectivity index (χ4n) is 3.15. The molecule has 1 aliphatic rings. The van der Waals surface area contributed by atoms with Crippen molar-refractivity contribution in [3.63, 3.8) is 0 Å². The number of hydrogen-bond acceptors (Lipinski definition) is 5. The summed E-state index contributed by atoms with van der Waals surface area (Å²) in [4.78, 5) is 13.9. The summed E-state index contributed by atoms with van der Waals surface area (Å²) in [6.45, 7) is 3.39. The lowest BCUT2D eigenvalue weighted by Gasteiger charge is -2.44. The smallest absolute Gasteiger partial charge is 0.303 e. The summed E-state index contributed by atoms with van der Waals surface area (Å²) in [5, 5.41) is 0. The summed E-state index contributed by atoms with van der Waals surface area (Å²) in [6, 6.07) is 7.78. The quantitative estimate of drug-likeness (QED) is 0.779. The molecule has 0 aromatic heterocycles. The molecule has 0 saturated carbocycles. The highest BCUT2D eigenvalue weighted by molar-refractivity contribution is 5.67. The maximum absolute atomic E-state index is 11.8. The van der Waals surface area contributed by atoms with Gasteiger partial charge in [-0.1, -0.05) is 12.1 Å². The van der Waals surface area contributed by atoms with Crippen LogP contribution in [0.5, 0.6) is 5.75 Å². The fourth-order valence-corrected chi connectivity index (χ4v) is 3.15. The minimum Gasteiger partial charge on any atom is -0.497 e. The molecule has 0 amide bonds. The highest BCUT2D eigenvalue weighted by atomic mass is 16.6. The molecule has 1 aromatic rings. The zero-order valence-corrected chi connectivity index (χ0v) is 13.8. The van der Waals surface area contributed by atoms with Gasteiger partial charge in [0.15, 0.2) is 0 Å². The van der Waals surface area contributed by atoms with Gasteiger partial charge in [0.25, 0.3) is 0 Å². The Morgan fingerprint density at radius 1 is 1.45 bits per heavy atom. The van der Waals surface area contributed by atoms with E-state index in [1.54, 1.807) is 7.11 Å². The van der Waals surface area contributed by atoms with Crippen molar-refractivity contribution < 1.29 is 19.0 Å². The number of ether oxygens (including phenoxy) is 3. The number of benzene rings is 1. The van der Waals surface area contributed by atoms with Crippen LogP contribution in [0.15, 0.2) is 24.3 Å². The van der Waals surface area contributed by atoms with Crippen LogP contribution in [-0.4, -0.2) is 51.8 Å². The van der Waals surface area contributed by atoms with Crippen LogP contribution in [0, 0.1) is 5.92 Å². The number of hydrogen-bond donors (Lipinski definition) is 0. The molecule has 2 atom stereocenters. The normalized spacial score (nSPS) is 25.0. The van der Waals surface area contributed by atoms with Gasteiger partial charge in [-0.3, -0.25) is 4.79 Å². The van der Waals surface area contributed by atoms with Gasteiger partial charge in [0.1, 0.15) is 11.4 Å². The Morgan fingerprint density at radius 2 is 2.23 bits per heavy atom. The van der Waals surface area contributed by atoms with E-state index < -0.39 is 5.60 Å². The van der Waals surface area contributed by atoms with E-state index in [4.69, 9.17) is 14.2 Å². The summed E-state index contributed by atoms with van der Waals surface area (Å²) in [7, 11) is 5.66. The second-order valence-corrected chi connectivity index (χ2v) is 6.00. The van der Waals surface area contributed by atoms with Crippen molar-refractivity contribution >= 4 is 5.97 Å². The molecule has 1 fully saturated rings. The molecular weight excluding hydrogens is 282 g/mol. The second-order valence-electron chi connectivity index (χ2n) is 6.00. The van der Waals surface area contributed by atoms with Crippen LogP contribution < -0.4 is 4.74 Å². The Labute approximate surface area is 132 Å². The molecule has 0 radical (unpaired) electrons. The van der Waals surface area contributed by atoms with Crippen molar-refractivity contribution in [2.24, 2.45) is 5.92 Å². The zero-order valence-electron chi connectivity index (χ0n) is 13.8. The number of carbonyl (C=O) groups is 1. The molecule has 0 N–H and O–H groups in total. The Balaban J connectivity index is 2.45. The Hall–Kier alpha value is -1.59. The van der Waals surface area contributed by atoms with Gasteiger partial charge in [0.05, 0.1) is 20.3 Å². The molecule has 1 saturated heterocycles. The number of carbonyl (C=O) groups excluding carboxylic acids is 1. The van der Waals surface area contributed by atoms with Gasteiger partial charge in [-0.05, 0) is 31.8 Å². The SMILES string of the molecule is COc1cccc([C@@]2(OC(C)=O)CCOC[C@@H]2CN(C)C)c1. The van der Waals surface area contributed by atoms with E-state index in [9.17, 15) is 4.79 Å². The van der Waals surface area contributed by atoms with Crippen molar-refractivity contribution in [3.05, 3.63) is 29.8 Å². The summed E-state index contributed by atoms with van der Waals surface area (Å²) in [5.41, 5.74) is 0.306. The van der Waals surface area contributed by atoms with E-state index in [1.807, 2.05) is 38.4 Å². The van der Waals surface area contributed by atoms with Crippen LogP contribution in [0.1, 0.15) is 18.9 Å². The third-order valence-corrected chi connectivity index (χ3v) is 4.07. The molecule has 0 unspecified atom stereocenters. The van der Waals surface area contributed by atoms with E-state index in [-0.39, 0.29) is 11.9 Å². The largest absolute Gasteiger partial charge is 0.497 e. The summed E-state index contributed by atoms with van der Waals surface area (Å²) < 4.78 is 16.9. The minimum atomic E-state index is -0.664. The monoisotopic (exact) mass is 307 g/mol. The number of nitrogens with zero attached hydrogens (tertiary/aromatic N) is 1. The lowest BCUT2D eigenvalue weighted by molar-refractivity contribution is -0.184. The van der Waals surface area contributed by atoms with Crippen molar-refractivity contribution in [2.75, 3.05) is 41.0 Å². The van der Waals surface area contributed by atoms with Crippen LogP contribution in [0.3, 0.4) is 0 Å². The van der Waals surface area contributed by atoms with Crippen molar-refractivity contribution in [1.82, 2.24) is 4.90 Å². The molecule has 0 spiro atoms. The third kappa shape index (κ3) is 3.59. The molecule has 1 heterocycles. The molecular formula is C17H25NO4. The van der Waals surface area contributed by atoms with Gasteiger partial charge in [0, 0.05) is 25.8 Å². The molecule has 0 aliphatic carbocycles. The standard InChI is InChI=1S/C17H25NO4/c1-13(19)22-17(14-6-5-7-16(10-14)20-4)8-9-21-12-15(17)11-18(2)3/h5-7,10,15H,8-9,11-12H2,1-4H3/t15-,17-/m0/s1. The Kier molecular flexibility index (Phi) is 5.42. The van der Waals surface area contributed by atoms with E-state index in [2.05, 4.69) is 4.90 Å². The maximum Gasteiger partial charge on any atom is 0.303 e. The van der Waals surface area contributed by atoms with E-state index >= 15 is 0 Å². The lowest BCUT2D eigenvalue weighted by atomic mass is 9.77. The molecule has 5 nitrogen and oxygen atoms in total. The first-order valence-electron chi connectivity index (χ1n) is 7.54. The van der Waals surface area contributed by atoms with Crippen LogP contribution in [-0.2, 0) is 19.9 Å². The third-order valence-electron chi connectivity index (χ3n) is 4.07. The highest BCUT2D eigenvalue weighted by Gasteiger charge is 2.46. The maximum atomic E-state index is 11.8. The first-order chi connectivity index (χ1) is 10.5. The van der Waals surface area contributed by atoms with Gasteiger partial charge in [-0.2, -0.15) is 0 Å². The van der Waals surface area contributed by atoms with Crippen LogP contribution >= 0.6 is 0 Å². The summed E-state index contributed by atoms with van der Waals surface area (Å²) in [5.74, 6) is 0.569. The first kappa shape index (κ1) is 16.8. The van der Waals surface area contributed by atoms with Gasteiger partial charge in [0.2, 0.25) is 0 Å². The number of esters is 1. The number of methoxy groups -OCH3 is 1. The molecule has 1 aliphatic heterocycles. The van der Waals surface area contributed by atoms with Gasteiger partial charge in [-0.25, -0.2) is 0 Å².